The average Bonchev–Trinajstić information content (AvgIpc) is 2.70. The zero-order valence-corrected chi connectivity index (χ0v) is 20.5. The van der Waals surface area contributed by atoms with E-state index in [2.05, 4.69) is 25.6 Å². The molecule has 0 fully saturated rings. The lowest BCUT2D eigenvalue weighted by Crippen LogP contribution is -2.34. The Morgan fingerprint density at radius 2 is 2.00 bits per heavy atom. The fraction of sp³-hybridized carbons (Fsp3) is 0.524. The number of rotatable bonds is 10. The molecule has 2 rings (SSSR count). The van der Waals surface area contributed by atoms with E-state index in [1.807, 2.05) is 45.7 Å². The lowest BCUT2D eigenvalue weighted by molar-refractivity contribution is 0.0501. The van der Waals surface area contributed by atoms with Crippen LogP contribution < -0.4 is 15.5 Å². The summed E-state index contributed by atoms with van der Waals surface area (Å²) < 4.78 is 10.7. The smallest absolute Gasteiger partial charge is 0.407 e. The normalized spacial score (nSPS) is 12.2. The van der Waals surface area contributed by atoms with E-state index in [4.69, 9.17) is 32.7 Å². The minimum absolute atomic E-state index is 0.0735. The first kappa shape index (κ1) is 25.9. The van der Waals surface area contributed by atoms with Gasteiger partial charge in [-0.3, -0.25) is 0 Å². The molecule has 2 heterocycles. The molecule has 0 saturated carbocycles. The Balaban J connectivity index is 1.80. The molecule has 11 heteroatoms. The Morgan fingerprint density at radius 1 is 1.25 bits per heavy atom. The van der Waals surface area contributed by atoms with Gasteiger partial charge in [-0.25, -0.2) is 14.8 Å². The molecule has 0 aliphatic rings. The Labute approximate surface area is 198 Å². The molecule has 1 unspecified atom stereocenters. The zero-order valence-electron chi connectivity index (χ0n) is 19.0. The SMILES string of the molecule is CC(Nc1ncc(Cl)c(N(C)CCOCCNC(=O)OC(C)(C)C)n1)c1ccnc(Cl)c1. The summed E-state index contributed by atoms with van der Waals surface area (Å²) in [4.78, 5) is 26.3. The molecular formula is C21H30Cl2N6O3. The Hall–Kier alpha value is -2.36. The van der Waals surface area contributed by atoms with Gasteiger partial charge in [0.2, 0.25) is 5.95 Å². The monoisotopic (exact) mass is 484 g/mol. The fourth-order valence-electron chi connectivity index (χ4n) is 2.61. The van der Waals surface area contributed by atoms with E-state index in [1.54, 1.807) is 18.5 Å². The van der Waals surface area contributed by atoms with Crippen LogP contribution in [0.25, 0.3) is 0 Å². The van der Waals surface area contributed by atoms with Crippen LogP contribution in [0.15, 0.2) is 24.5 Å². The molecule has 0 spiro atoms. The fourth-order valence-corrected chi connectivity index (χ4v) is 3.03. The first-order valence-corrected chi connectivity index (χ1v) is 11.0. The largest absolute Gasteiger partial charge is 0.444 e. The van der Waals surface area contributed by atoms with Gasteiger partial charge in [-0.1, -0.05) is 23.2 Å². The summed E-state index contributed by atoms with van der Waals surface area (Å²) in [5.74, 6) is 1.03. The molecule has 0 aromatic carbocycles. The van der Waals surface area contributed by atoms with Crippen LogP contribution in [-0.2, 0) is 9.47 Å². The summed E-state index contributed by atoms with van der Waals surface area (Å²) in [6.07, 6.45) is 2.75. The van der Waals surface area contributed by atoms with E-state index >= 15 is 0 Å². The third kappa shape index (κ3) is 9.02. The van der Waals surface area contributed by atoms with Crippen molar-refractivity contribution < 1.29 is 14.3 Å². The number of alkyl carbamates (subject to hydrolysis) is 1. The number of carbonyl (C=O) groups is 1. The number of anilines is 2. The molecule has 176 valence electrons. The van der Waals surface area contributed by atoms with Crippen molar-refractivity contribution in [1.29, 1.82) is 0 Å². The predicted molar refractivity (Wildman–Crippen MR) is 127 cm³/mol. The minimum atomic E-state index is -0.526. The second-order valence-corrected chi connectivity index (χ2v) is 8.90. The maximum atomic E-state index is 11.6. The van der Waals surface area contributed by atoms with E-state index in [0.29, 0.717) is 48.2 Å². The molecule has 2 aromatic heterocycles. The highest BCUT2D eigenvalue weighted by atomic mass is 35.5. The topological polar surface area (TPSA) is 102 Å². The molecule has 0 aliphatic carbocycles. The Morgan fingerprint density at radius 3 is 2.69 bits per heavy atom. The van der Waals surface area contributed by atoms with Crippen molar-refractivity contribution in [3.05, 3.63) is 40.3 Å². The summed E-state index contributed by atoms with van der Waals surface area (Å²) >= 11 is 12.3. The Kier molecular flexibility index (Phi) is 9.74. The number of hydrogen-bond acceptors (Lipinski definition) is 8. The van der Waals surface area contributed by atoms with Crippen LogP contribution in [0.5, 0.6) is 0 Å². The van der Waals surface area contributed by atoms with Gasteiger partial charge in [-0.15, -0.1) is 0 Å². The number of ether oxygens (including phenoxy) is 2. The number of amides is 1. The van der Waals surface area contributed by atoms with Gasteiger partial charge in [-0.05, 0) is 45.4 Å². The van der Waals surface area contributed by atoms with Crippen LogP contribution >= 0.6 is 23.2 Å². The molecule has 0 saturated heterocycles. The quantitative estimate of drug-likeness (QED) is 0.379. The highest BCUT2D eigenvalue weighted by molar-refractivity contribution is 6.32. The third-order valence-electron chi connectivity index (χ3n) is 4.17. The summed E-state index contributed by atoms with van der Waals surface area (Å²) in [5, 5.41) is 6.75. The van der Waals surface area contributed by atoms with E-state index < -0.39 is 11.7 Å². The van der Waals surface area contributed by atoms with Gasteiger partial charge in [0.15, 0.2) is 5.82 Å². The van der Waals surface area contributed by atoms with Crippen LogP contribution in [0.4, 0.5) is 16.6 Å². The van der Waals surface area contributed by atoms with E-state index in [-0.39, 0.29) is 6.04 Å². The van der Waals surface area contributed by atoms with Crippen LogP contribution in [0.3, 0.4) is 0 Å². The van der Waals surface area contributed by atoms with Crippen LogP contribution in [-0.4, -0.2) is 60.0 Å². The van der Waals surface area contributed by atoms with E-state index in [0.717, 1.165) is 5.56 Å². The van der Waals surface area contributed by atoms with E-state index in [1.165, 1.54) is 0 Å². The number of likely N-dealkylation sites (N-methyl/N-ethyl adjacent to an activating group) is 1. The van der Waals surface area contributed by atoms with Gasteiger partial charge < -0.3 is 25.0 Å². The summed E-state index contributed by atoms with van der Waals surface area (Å²) in [6.45, 7) is 9.13. The first-order valence-electron chi connectivity index (χ1n) is 10.2. The molecule has 2 N–H and O–H groups in total. The van der Waals surface area contributed by atoms with Gasteiger partial charge in [0.1, 0.15) is 15.8 Å². The van der Waals surface area contributed by atoms with Crippen molar-refractivity contribution in [3.8, 4) is 0 Å². The average molecular weight is 485 g/mol. The second kappa shape index (κ2) is 12.0. The second-order valence-electron chi connectivity index (χ2n) is 8.11. The number of pyridine rings is 1. The standard InChI is InChI=1S/C21H30Cl2N6O3/c1-14(15-6-7-24-17(23)12-15)27-19-26-13-16(22)18(28-19)29(5)9-11-31-10-8-25-20(30)32-21(2,3)4/h6-7,12-14H,8-11H2,1-5H3,(H,25,30)(H,26,27,28). The van der Waals surface area contributed by atoms with Crippen LogP contribution in [0, 0.1) is 0 Å². The Bertz CT molecular complexity index is 894. The molecule has 0 bridgehead atoms. The van der Waals surface area contributed by atoms with Crippen molar-refractivity contribution in [2.75, 3.05) is 43.6 Å². The highest BCUT2D eigenvalue weighted by Crippen LogP contribution is 2.25. The molecule has 2 aromatic rings. The zero-order chi connectivity index (χ0) is 23.7. The molecule has 1 atom stereocenters. The molecule has 32 heavy (non-hydrogen) atoms. The molecule has 1 amide bonds. The molecule has 9 nitrogen and oxygen atoms in total. The van der Waals surface area contributed by atoms with Crippen molar-refractivity contribution >= 4 is 41.1 Å². The highest BCUT2D eigenvalue weighted by Gasteiger charge is 2.16. The summed E-state index contributed by atoms with van der Waals surface area (Å²) in [7, 11) is 1.87. The van der Waals surface area contributed by atoms with Gasteiger partial charge in [0.05, 0.1) is 25.5 Å². The molecule has 0 radical (unpaired) electrons. The predicted octanol–water partition coefficient (Wildman–Crippen LogP) is 4.33. The number of carbonyl (C=O) groups excluding carboxylic acids is 1. The maximum Gasteiger partial charge on any atom is 0.407 e. The number of nitrogens with zero attached hydrogens (tertiary/aromatic N) is 4. The van der Waals surface area contributed by atoms with Crippen molar-refractivity contribution in [1.82, 2.24) is 20.3 Å². The van der Waals surface area contributed by atoms with Crippen molar-refractivity contribution in [2.45, 2.75) is 39.3 Å². The lowest BCUT2D eigenvalue weighted by Gasteiger charge is -2.21. The minimum Gasteiger partial charge on any atom is -0.444 e. The molecule has 0 aliphatic heterocycles. The molecular weight excluding hydrogens is 455 g/mol. The van der Waals surface area contributed by atoms with E-state index in [9.17, 15) is 4.79 Å². The van der Waals surface area contributed by atoms with Crippen LogP contribution in [0.1, 0.15) is 39.3 Å². The van der Waals surface area contributed by atoms with Crippen molar-refractivity contribution in [3.63, 3.8) is 0 Å². The maximum absolute atomic E-state index is 11.6. The van der Waals surface area contributed by atoms with Crippen molar-refractivity contribution in [2.24, 2.45) is 0 Å². The third-order valence-corrected chi connectivity index (χ3v) is 4.64. The van der Waals surface area contributed by atoms with Gasteiger partial charge in [0, 0.05) is 26.3 Å². The number of hydrogen-bond donors (Lipinski definition) is 2. The summed E-state index contributed by atoms with van der Waals surface area (Å²) in [6, 6.07) is 3.59. The lowest BCUT2D eigenvalue weighted by atomic mass is 10.1. The van der Waals surface area contributed by atoms with Gasteiger partial charge >= 0.3 is 6.09 Å². The number of nitrogens with one attached hydrogen (secondary N) is 2. The number of aromatic nitrogens is 3. The van der Waals surface area contributed by atoms with Gasteiger partial charge in [-0.2, -0.15) is 4.98 Å². The van der Waals surface area contributed by atoms with Crippen LogP contribution in [0.2, 0.25) is 10.2 Å². The van der Waals surface area contributed by atoms with Gasteiger partial charge in [0.25, 0.3) is 0 Å². The number of halogens is 2. The summed E-state index contributed by atoms with van der Waals surface area (Å²) in [5.41, 5.74) is 0.438. The first-order chi connectivity index (χ1) is 15.0.